The van der Waals surface area contributed by atoms with Crippen LogP contribution in [-0.2, 0) is 0 Å². The van der Waals surface area contributed by atoms with E-state index < -0.39 is 0 Å². The summed E-state index contributed by atoms with van der Waals surface area (Å²) >= 11 is 0. The summed E-state index contributed by atoms with van der Waals surface area (Å²) in [4.78, 5) is 16.5. The maximum Gasteiger partial charge on any atom is 0.321 e. The average Bonchev–Trinajstić information content (AvgIpc) is 3.29. The first-order valence-corrected chi connectivity index (χ1v) is 9.88. The van der Waals surface area contributed by atoms with Gasteiger partial charge in [0.05, 0.1) is 6.26 Å². The lowest BCUT2D eigenvalue weighted by Gasteiger charge is -2.35. The minimum absolute atomic E-state index is 0.0683. The van der Waals surface area contributed by atoms with Crippen LogP contribution in [0.4, 0.5) is 16.3 Å². The molecule has 29 heavy (non-hydrogen) atoms. The third-order valence-corrected chi connectivity index (χ3v) is 5.14. The van der Waals surface area contributed by atoms with Crippen LogP contribution < -0.4 is 10.2 Å². The zero-order valence-electron chi connectivity index (χ0n) is 16.7. The van der Waals surface area contributed by atoms with Crippen molar-refractivity contribution in [2.45, 2.75) is 19.8 Å². The highest BCUT2D eigenvalue weighted by atomic mass is 16.3. The first kappa shape index (κ1) is 19.0. The van der Waals surface area contributed by atoms with E-state index in [0.717, 1.165) is 11.5 Å². The predicted molar refractivity (Wildman–Crippen MR) is 113 cm³/mol. The zero-order valence-corrected chi connectivity index (χ0v) is 16.7. The number of anilines is 2. The van der Waals surface area contributed by atoms with Crippen LogP contribution in [0.3, 0.4) is 0 Å². The Labute approximate surface area is 170 Å². The van der Waals surface area contributed by atoms with Crippen LogP contribution in [0.1, 0.15) is 25.3 Å². The molecule has 1 fully saturated rings. The van der Waals surface area contributed by atoms with Crippen molar-refractivity contribution in [3.05, 3.63) is 60.4 Å². The lowest BCUT2D eigenvalue weighted by molar-refractivity contribution is 0.208. The molecule has 2 amide bonds. The van der Waals surface area contributed by atoms with Crippen LogP contribution in [0.2, 0.25) is 0 Å². The Bertz CT molecular complexity index is 928. The molecule has 0 aliphatic carbocycles. The number of benzene rings is 1. The van der Waals surface area contributed by atoms with Crippen LogP contribution in [0.25, 0.3) is 11.5 Å². The normalized spacial score (nSPS) is 14.3. The maximum atomic E-state index is 12.6. The van der Waals surface area contributed by atoms with E-state index in [-0.39, 0.29) is 6.03 Å². The number of rotatable bonds is 4. The summed E-state index contributed by atoms with van der Waals surface area (Å²) in [6.45, 7) is 7.02. The fourth-order valence-electron chi connectivity index (χ4n) is 3.34. The number of hydrogen-bond donors (Lipinski definition) is 1. The molecule has 3 heterocycles. The summed E-state index contributed by atoms with van der Waals surface area (Å²) in [5.41, 5.74) is 2.79. The van der Waals surface area contributed by atoms with Crippen LogP contribution in [0.5, 0.6) is 0 Å². The van der Waals surface area contributed by atoms with Crippen LogP contribution in [-0.4, -0.2) is 47.3 Å². The Hall–Kier alpha value is -3.35. The third-order valence-electron chi connectivity index (χ3n) is 5.14. The predicted octanol–water partition coefficient (Wildman–Crippen LogP) is 4.21. The van der Waals surface area contributed by atoms with Gasteiger partial charge in [0.25, 0.3) is 0 Å². The summed E-state index contributed by atoms with van der Waals surface area (Å²) in [6.07, 6.45) is 1.62. The second kappa shape index (κ2) is 8.34. The minimum atomic E-state index is -0.0683. The first-order valence-electron chi connectivity index (χ1n) is 9.88. The van der Waals surface area contributed by atoms with Gasteiger partial charge in [-0.25, -0.2) is 4.79 Å². The number of piperazine rings is 1. The van der Waals surface area contributed by atoms with Crippen molar-refractivity contribution >= 4 is 17.5 Å². The molecule has 0 bridgehead atoms. The number of furan rings is 1. The molecule has 1 aliphatic heterocycles. The number of carbonyl (C=O) groups is 1. The van der Waals surface area contributed by atoms with Crippen molar-refractivity contribution in [1.82, 2.24) is 15.1 Å². The highest BCUT2D eigenvalue weighted by molar-refractivity contribution is 5.89. The molecule has 7 heteroatoms. The topological polar surface area (TPSA) is 74.5 Å². The molecule has 7 nitrogen and oxygen atoms in total. The summed E-state index contributed by atoms with van der Waals surface area (Å²) < 4.78 is 5.34. The molecule has 150 valence electrons. The Kier molecular flexibility index (Phi) is 5.46. The van der Waals surface area contributed by atoms with Gasteiger partial charge in [-0.05, 0) is 47.9 Å². The van der Waals surface area contributed by atoms with Crippen LogP contribution >= 0.6 is 0 Å². The van der Waals surface area contributed by atoms with Crippen molar-refractivity contribution in [2.75, 3.05) is 36.4 Å². The number of aromatic nitrogens is 2. The SMILES string of the molecule is CC(C)c1ccc(NC(=O)N2CCN(c3ccc(-c4ccco4)nn3)CC2)cc1. The molecule has 0 atom stereocenters. The van der Waals surface area contributed by atoms with Gasteiger partial charge in [0, 0.05) is 31.9 Å². The van der Waals surface area contributed by atoms with Gasteiger partial charge in [0.15, 0.2) is 11.6 Å². The summed E-state index contributed by atoms with van der Waals surface area (Å²) in [7, 11) is 0. The van der Waals surface area contributed by atoms with Gasteiger partial charge in [0.1, 0.15) is 5.69 Å². The van der Waals surface area contributed by atoms with Gasteiger partial charge in [0.2, 0.25) is 0 Å². The van der Waals surface area contributed by atoms with Gasteiger partial charge in [-0.1, -0.05) is 26.0 Å². The van der Waals surface area contributed by atoms with Crippen LogP contribution in [0, 0.1) is 0 Å². The number of urea groups is 1. The quantitative estimate of drug-likeness (QED) is 0.721. The Balaban J connectivity index is 1.31. The largest absolute Gasteiger partial charge is 0.463 e. The van der Waals surface area contributed by atoms with E-state index in [1.807, 2.05) is 41.3 Å². The van der Waals surface area contributed by atoms with Crippen molar-refractivity contribution < 1.29 is 9.21 Å². The minimum Gasteiger partial charge on any atom is -0.463 e. The first-order chi connectivity index (χ1) is 14.1. The molecule has 0 spiro atoms. The van der Waals surface area contributed by atoms with E-state index in [1.54, 1.807) is 6.26 Å². The number of nitrogens with zero attached hydrogens (tertiary/aromatic N) is 4. The third kappa shape index (κ3) is 4.39. The maximum absolute atomic E-state index is 12.6. The Morgan fingerprint density at radius 2 is 1.76 bits per heavy atom. The van der Waals surface area contributed by atoms with E-state index in [1.165, 1.54) is 5.56 Å². The number of hydrogen-bond acceptors (Lipinski definition) is 5. The second-order valence-electron chi connectivity index (χ2n) is 7.44. The molecule has 0 saturated carbocycles. The fourth-order valence-corrected chi connectivity index (χ4v) is 3.34. The highest BCUT2D eigenvalue weighted by Gasteiger charge is 2.22. The molecule has 1 aromatic carbocycles. The molecule has 1 aliphatic rings. The molecule has 4 rings (SSSR count). The Morgan fingerprint density at radius 3 is 2.34 bits per heavy atom. The second-order valence-corrected chi connectivity index (χ2v) is 7.44. The summed E-state index contributed by atoms with van der Waals surface area (Å²) in [5, 5.41) is 11.5. The Morgan fingerprint density at radius 1 is 1.00 bits per heavy atom. The van der Waals surface area contributed by atoms with Crippen LogP contribution in [0.15, 0.2) is 59.2 Å². The molecule has 2 aromatic heterocycles. The highest BCUT2D eigenvalue weighted by Crippen LogP contribution is 2.20. The average molecular weight is 391 g/mol. The van der Waals surface area contributed by atoms with Gasteiger partial charge < -0.3 is 19.5 Å². The van der Waals surface area contributed by atoms with Gasteiger partial charge in [-0.15, -0.1) is 10.2 Å². The summed E-state index contributed by atoms with van der Waals surface area (Å²) in [6, 6.07) is 15.5. The monoisotopic (exact) mass is 391 g/mol. The van der Waals surface area contributed by atoms with E-state index in [2.05, 4.69) is 46.4 Å². The van der Waals surface area contributed by atoms with Gasteiger partial charge in [-0.3, -0.25) is 0 Å². The fraction of sp³-hybridized carbons (Fsp3) is 0.318. The standard InChI is InChI=1S/C22H25N5O2/c1-16(2)17-5-7-18(8-6-17)23-22(28)27-13-11-26(12-14-27)21-10-9-19(24-25-21)20-4-3-15-29-20/h3-10,15-16H,11-14H2,1-2H3,(H,23,28). The van der Waals surface area contributed by atoms with Crippen molar-refractivity contribution in [3.63, 3.8) is 0 Å². The van der Waals surface area contributed by atoms with E-state index in [0.29, 0.717) is 43.6 Å². The molecule has 0 unspecified atom stereocenters. The molecular formula is C22H25N5O2. The lowest BCUT2D eigenvalue weighted by Crippen LogP contribution is -2.50. The number of nitrogens with one attached hydrogen (secondary N) is 1. The van der Waals surface area contributed by atoms with Crippen molar-refractivity contribution in [3.8, 4) is 11.5 Å². The lowest BCUT2D eigenvalue weighted by atomic mass is 10.0. The van der Waals surface area contributed by atoms with E-state index >= 15 is 0 Å². The molecule has 1 N–H and O–H groups in total. The number of carbonyl (C=O) groups excluding carboxylic acids is 1. The van der Waals surface area contributed by atoms with Gasteiger partial charge >= 0.3 is 6.03 Å². The van der Waals surface area contributed by atoms with Crippen molar-refractivity contribution in [1.29, 1.82) is 0 Å². The molecule has 3 aromatic rings. The number of amides is 2. The molecule has 0 radical (unpaired) electrons. The molecule has 1 saturated heterocycles. The van der Waals surface area contributed by atoms with Crippen molar-refractivity contribution in [2.24, 2.45) is 0 Å². The zero-order chi connectivity index (χ0) is 20.2. The summed E-state index contributed by atoms with van der Waals surface area (Å²) in [5.74, 6) is 1.99. The van der Waals surface area contributed by atoms with E-state index in [9.17, 15) is 4.79 Å². The van der Waals surface area contributed by atoms with E-state index in [4.69, 9.17) is 4.42 Å². The smallest absolute Gasteiger partial charge is 0.321 e. The molecular weight excluding hydrogens is 366 g/mol. The van der Waals surface area contributed by atoms with Gasteiger partial charge in [-0.2, -0.15) is 0 Å².